The van der Waals surface area contributed by atoms with Gasteiger partial charge in [0, 0.05) is 19.1 Å². The topological polar surface area (TPSA) is 84.7 Å². The van der Waals surface area contributed by atoms with Crippen LogP contribution >= 0.6 is 0 Å². The number of nitrogens with zero attached hydrogens (tertiary/aromatic N) is 1. The summed E-state index contributed by atoms with van der Waals surface area (Å²) < 4.78 is 5.18. The molecule has 1 aromatic carbocycles. The summed E-state index contributed by atoms with van der Waals surface area (Å²) in [6.07, 6.45) is 2.44. The molecule has 6 heteroatoms. The number of carbonyl (C=O) groups is 2. The van der Waals surface area contributed by atoms with Crippen molar-refractivity contribution >= 4 is 12.0 Å². The van der Waals surface area contributed by atoms with Crippen molar-refractivity contribution in [2.45, 2.75) is 44.9 Å². The highest BCUT2D eigenvalue weighted by Crippen LogP contribution is 2.17. The van der Waals surface area contributed by atoms with Gasteiger partial charge in [-0.1, -0.05) is 30.3 Å². The van der Waals surface area contributed by atoms with Gasteiger partial charge in [-0.25, -0.2) is 4.79 Å². The van der Waals surface area contributed by atoms with Gasteiger partial charge in [0.2, 0.25) is 5.91 Å². The number of nitrogens with two attached hydrogens (primary N) is 1. The number of benzene rings is 1. The molecule has 6 nitrogen and oxygen atoms in total. The smallest absolute Gasteiger partial charge is 0.407 e. The fraction of sp³-hybridized carbons (Fsp3) is 0.529. The van der Waals surface area contributed by atoms with Crippen LogP contribution in [-0.2, 0) is 16.1 Å². The van der Waals surface area contributed by atoms with Crippen molar-refractivity contribution in [2.75, 3.05) is 13.1 Å². The van der Waals surface area contributed by atoms with Crippen molar-refractivity contribution < 1.29 is 14.3 Å². The number of likely N-dealkylation sites (tertiary alicyclic amines) is 1. The van der Waals surface area contributed by atoms with E-state index in [2.05, 4.69) is 5.32 Å². The third kappa shape index (κ3) is 5.25. The van der Waals surface area contributed by atoms with Crippen LogP contribution in [-0.4, -0.2) is 42.1 Å². The number of amides is 2. The first-order valence-corrected chi connectivity index (χ1v) is 8.08. The third-order valence-electron chi connectivity index (χ3n) is 3.99. The van der Waals surface area contributed by atoms with E-state index in [-0.39, 0.29) is 18.6 Å². The Morgan fingerprint density at radius 1 is 1.35 bits per heavy atom. The van der Waals surface area contributed by atoms with Gasteiger partial charge in [-0.05, 0) is 31.7 Å². The Morgan fingerprint density at radius 3 is 2.78 bits per heavy atom. The van der Waals surface area contributed by atoms with E-state index in [9.17, 15) is 9.59 Å². The maximum Gasteiger partial charge on any atom is 0.407 e. The van der Waals surface area contributed by atoms with E-state index in [4.69, 9.17) is 10.5 Å². The molecule has 1 aromatic rings. The molecular formula is C17H25N3O3. The van der Waals surface area contributed by atoms with Crippen LogP contribution in [0.15, 0.2) is 30.3 Å². The maximum atomic E-state index is 12.1. The van der Waals surface area contributed by atoms with Gasteiger partial charge in [-0.3, -0.25) is 4.79 Å². The molecule has 0 aliphatic carbocycles. The predicted octanol–water partition coefficient (Wildman–Crippen LogP) is 1.64. The Balaban J connectivity index is 1.78. The molecule has 3 N–H and O–H groups in total. The lowest BCUT2D eigenvalue weighted by molar-refractivity contribution is -0.135. The Hall–Kier alpha value is -2.08. The summed E-state index contributed by atoms with van der Waals surface area (Å²) in [5, 5.41) is 2.75. The van der Waals surface area contributed by atoms with Crippen molar-refractivity contribution in [3.63, 3.8) is 0 Å². The van der Waals surface area contributed by atoms with Gasteiger partial charge in [0.1, 0.15) is 6.61 Å². The number of hydrogen-bond acceptors (Lipinski definition) is 4. The summed E-state index contributed by atoms with van der Waals surface area (Å²) in [5.74, 6) is -0.0610. The first-order valence-electron chi connectivity index (χ1n) is 8.08. The summed E-state index contributed by atoms with van der Waals surface area (Å²) in [6.45, 7) is 3.02. The zero-order valence-electron chi connectivity index (χ0n) is 13.5. The summed E-state index contributed by atoms with van der Waals surface area (Å²) in [6, 6.07) is 8.99. The first kappa shape index (κ1) is 17.3. The van der Waals surface area contributed by atoms with Crippen molar-refractivity contribution in [2.24, 2.45) is 5.73 Å². The highest BCUT2D eigenvalue weighted by atomic mass is 16.5. The lowest BCUT2D eigenvalue weighted by Gasteiger charge is -2.36. The molecule has 1 heterocycles. The van der Waals surface area contributed by atoms with Crippen LogP contribution in [0.4, 0.5) is 4.79 Å². The summed E-state index contributed by atoms with van der Waals surface area (Å²) in [7, 11) is 0. The third-order valence-corrected chi connectivity index (χ3v) is 3.99. The van der Waals surface area contributed by atoms with E-state index in [1.54, 1.807) is 11.8 Å². The average molecular weight is 319 g/mol. The molecular weight excluding hydrogens is 294 g/mol. The van der Waals surface area contributed by atoms with E-state index in [1.807, 2.05) is 30.3 Å². The second kappa shape index (κ2) is 8.53. The Kier molecular flexibility index (Phi) is 6.40. The van der Waals surface area contributed by atoms with Gasteiger partial charge < -0.3 is 20.7 Å². The Morgan fingerprint density at radius 2 is 2.09 bits per heavy atom. The Labute approximate surface area is 137 Å². The minimum Gasteiger partial charge on any atom is -0.445 e. The zero-order valence-corrected chi connectivity index (χ0v) is 13.5. The lowest BCUT2D eigenvalue weighted by Crippen LogP contribution is -2.53. The molecule has 0 spiro atoms. The first-order chi connectivity index (χ1) is 11.1. The molecule has 1 aliphatic heterocycles. The standard InChI is InChI=1S/C17H25N3O3/c1-13(18)16(21)20-10-6-5-9-15(20)11-19-17(22)23-12-14-7-3-2-4-8-14/h2-4,7-8,13,15H,5-6,9-12,18H2,1H3,(H,19,22)/t13-,15+/m0/s1. The molecule has 126 valence electrons. The van der Waals surface area contributed by atoms with E-state index in [0.717, 1.165) is 24.8 Å². The van der Waals surface area contributed by atoms with Crippen LogP contribution in [0.5, 0.6) is 0 Å². The van der Waals surface area contributed by atoms with Crippen LogP contribution in [0.3, 0.4) is 0 Å². The SMILES string of the molecule is C[C@H](N)C(=O)N1CCCC[C@@H]1CNC(=O)OCc1ccccc1. The highest BCUT2D eigenvalue weighted by Gasteiger charge is 2.28. The molecule has 2 amide bonds. The fourth-order valence-corrected chi connectivity index (χ4v) is 2.74. The molecule has 0 bridgehead atoms. The molecule has 0 aromatic heterocycles. The largest absolute Gasteiger partial charge is 0.445 e. The normalized spacial score (nSPS) is 19.0. The van der Waals surface area contributed by atoms with E-state index >= 15 is 0 Å². The van der Waals surface area contributed by atoms with Crippen molar-refractivity contribution in [3.8, 4) is 0 Å². The van der Waals surface area contributed by atoms with Gasteiger partial charge in [0.25, 0.3) is 0 Å². The Bertz CT molecular complexity index is 519. The number of rotatable bonds is 5. The van der Waals surface area contributed by atoms with Gasteiger partial charge in [-0.2, -0.15) is 0 Å². The number of ether oxygens (including phenoxy) is 1. The number of nitrogens with one attached hydrogen (secondary N) is 1. The maximum absolute atomic E-state index is 12.1. The zero-order chi connectivity index (χ0) is 16.7. The quantitative estimate of drug-likeness (QED) is 0.864. The van der Waals surface area contributed by atoms with Gasteiger partial charge >= 0.3 is 6.09 Å². The van der Waals surface area contributed by atoms with Gasteiger partial charge in [-0.15, -0.1) is 0 Å². The lowest BCUT2D eigenvalue weighted by atomic mass is 10.0. The molecule has 1 aliphatic rings. The second-order valence-corrected chi connectivity index (χ2v) is 5.91. The van der Waals surface area contributed by atoms with Crippen LogP contribution in [0.25, 0.3) is 0 Å². The highest BCUT2D eigenvalue weighted by molar-refractivity contribution is 5.81. The van der Waals surface area contributed by atoms with Crippen LogP contribution in [0.2, 0.25) is 0 Å². The van der Waals surface area contributed by atoms with E-state index in [1.165, 1.54) is 0 Å². The summed E-state index contributed by atoms with van der Waals surface area (Å²) in [5.41, 5.74) is 6.63. The van der Waals surface area contributed by atoms with Crippen molar-refractivity contribution in [3.05, 3.63) is 35.9 Å². The van der Waals surface area contributed by atoms with Crippen LogP contribution in [0.1, 0.15) is 31.7 Å². The minimum atomic E-state index is -0.513. The number of hydrogen-bond donors (Lipinski definition) is 2. The monoisotopic (exact) mass is 319 g/mol. The molecule has 0 unspecified atom stereocenters. The number of carbonyl (C=O) groups excluding carboxylic acids is 2. The van der Waals surface area contributed by atoms with Crippen molar-refractivity contribution in [1.82, 2.24) is 10.2 Å². The average Bonchev–Trinajstić information content (AvgIpc) is 2.58. The summed E-state index contributed by atoms with van der Waals surface area (Å²) in [4.78, 5) is 25.7. The second-order valence-electron chi connectivity index (χ2n) is 5.91. The van der Waals surface area contributed by atoms with Crippen molar-refractivity contribution in [1.29, 1.82) is 0 Å². The fourth-order valence-electron chi connectivity index (χ4n) is 2.74. The molecule has 0 saturated carbocycles. The number of alkyl carbamates (subject to hydrolysis) is 1. The van der Waals surface area contributed by atoms with Crippen LogP contribution < -0.4 is 11.1 Å². The molecule has 2 rings (SSSR count). The predicted molar refractivity (Wildman–Crippen MR) is 87.6 cm³/mol. The molecule has 23 heavy (non-hydrogen) atoms. The van der Waals surface area contributed by atoms with Gasteiger partial charge in [0.15, 0.2) is 0 Å². The summed E-state index contributed by atoms with van der Waals surface area (Å²) >= 11 is 0. The minimum absolute atomic E-state index is 0.00785. The van der Waals surface area contributed by atoms with E-state index in [0.29, 0.717) is 13.1 Å². The van der Waals surface area contributed by atoms with Crippen LogP contribution in [0, 0.1) is 0 Å². The molecule has 0 radical (unpaired) electrons. The molecule has 2 atom stereocenters. The molecule has 1 saturated heterocycles. The molecule has 1 fully saturated rings. The van der Waals surface area contributed by atoms with E-state index < -0.39 is 12.1 Å². The van der Waals surface area contributed by atoms with Gasteiger partial charge in [0.05, 0.1) is 6.04 Å². The number of piperidine rings is 1.